The summed E-state index contributed by atoms with van der Waals surface area (Å²) in [5, 5.41) is 11.9. The first-order chi connectivity index (χ1) is 17.8. The lowest BCUT2D eigenvalue weighted by Crippen LogP contribution is -2.29. The van der Waals surface area contributed by atoms with E-state index in [0.717, 1.165) is 0 Å². The summed E-state index contributed by atoms with van der Waals surface area (Å²) in [5.41, 5.74) is 0.972. The number of carbonyl (C=O) groups is 2. The number of rotatable bonds is 8. The van der Waals surface area contributed by atoms with Gasteiger partial charge in [-0.25, -0.2) is 0 Å². The summed E-state index contributed by atoms with van der Waals surface area (Å²) in [6.45, 7) is 4.64. The number of methoxy groups -OCH3 is 1. The first-order valence-corrected chi connectivity index (χ1v) is 12.4. The number of hydrogen-bond donors (Lipinski definition) is 1. The fraction of sp³-hybridized carbons (Fsp3) is 0.214. The highest BCUT2D eigenvalue weighted by atomic mass is 35.5. The minimum Gasteiger partial charge on any atom is -0.507 e. The van der Waals surface area contributed by atoms with Crippen LogP contribution in [0.5, 0.6) is 17.2 Å². The average molecular weight is 542 g/mol. The summed E-state index contributed by atoms with van der Waals surface area (Å²) in [6, 6.07) is 15.7. The molecule has 1 aliphatic heterocycles. The Morgan fingerprint density at radius 3 is 2.27 bits per heavy atom. The van der Waals surface area contributed by atoms with Crippen molar-refractivity contribution in [2.45, 2.75) is 19.9 Å². The van der Waals surface area contributed by atoms with Crippen LogP contribution >= 0.6 is 23.2 Å². The van der Waals surface area contributed by atoms with Crippen molar-refractivity contribution in [2.75, 3.05) is 25.2 Å². The highest BCUT2D eigenvalue weighted by Crippen LogP contribution is 2.45. The van der Waals surface area contributed by atoms with Gasteiger partial charge in [0.15, 0.2) is 0 Å². The van der Waals surface area contributed by atoms with Crippen LogP contribution in [-0.2, 0) is 9.59 Å². The largest absolute Gasteiger partial charge is 0.507 e. The number of benzene rings is 3. The van der Waals surface area contributed by atoms with Gasteiger partial charge in [-0.2, -0.15) is 0 Å². The molecule has 0 spiro atoms. The normalized spacial score (nSPS) is 16.7. The molecule has 1 aliphatic rings. The molecule has 1 N–H and O–H groups in total. The van der Waals surface area contributed by atoms with Gasteiger partial charge in [0.2, 0.25) is 0 Å². The van der Waals surface area contributed by atoms with E-state index in [-0.39, 0.29) is 26.9 Å². The number of aliphatic hydroxyl groups excluding tert-OH is 1. The van der Waals surface area contributed by atoms with Gasteiger partial charge in [-0.05, 0) is 67.9 Å². The van der Waals surface area contributed by atoms with E-state index in [2.05, 4.69) is 0 Å². The number of anilines is 1. The van der Waals surface area contributed by atoms with E-state index in [1.165, 1.54) is 24.1 Å². The van der Waals surface area contributed by atoms with Crippen LogP contribution in [0.15, 0.2) is 66.2 Å². The van der Waals surface area contributed by atoms with Crippen molar-refractivity contribution in [3.63, 3.8) is 0 Å². The summed E-state index contributed by atoms with van der Waals surface area (Å²) in [7, 11) is 1.38. The van der Waals surface area contributed by atoms with Crippen LogP contribution in [0.4, 0.5) is 5.69 Å². The van der Waals surface area contributed by atoms with Crippen molar-refractivity contribution < 1.29 is 28.9 Å². The molecular formula is C28H25Cl2NO6. The van der Waals surface area contributed by atoms with Crippen molar-refractivity contribution in [1.82, 2.24) is 0 Å². The van der Waals surface area contributed by atoms with Gasteiger partial charge in [0.05, 0.1) is 42.5 Å². The van der Waals surface area contributed by atoms with Gasteiger partial charge in [0, 0.05) is 10.7 Å². The molecule has 37 heavy (non-hydrogen) atoms. The smallest absolute Gasteiger partial charge is 0.300 e. The summed E-state index contributed by atoms with van der Waals surface area (Å²) < 4.78 is 16.6. The Morgan fingerprint density at radius 2 is 1.62 bits per heavy atom. The molecule has 1 atom stereocenters. The first kappa shape index (κ1) is 26.4. The predicted octanol–water partition coefficient (Wildman–Crippen LogP) is 6.43. The molecule has 1 saturated heterocycles. The summed E-state index contributed by atoms with van der Waals surface area (Å²) in [4.78, 5) is 28.2. The fourth-order valence-corrected chi connectivity index (χ4v) is 4.88. The van der Waals surface area contributed by atoms with E-state index in [1.807, 2.05) is 13.8 Å². The maximum Gasteiger partial charge on any atom is 0.300 e. The molecule has 4 rings (SSSR count). The monoisotopic (exact) mass is 541 g/mol. The molecule has 7 nitrogen and oxygen atoms in total. The molecule has 0 bridgehead atoms. The Balaban J connectivity index is 1.96. The van der Waals surface area contributed by atoms with E-state index in [0.29, 0.717) is 36.0 Å². The number of amides is 1. The fourth-order valence-electron chi connectivity index (χ4n) is 4.31. The quantitative estimate of drug-likeness (QED) is 0.201. The maximum absolute atomic E-state index is 13.5. The van der Waals surface area contributed by atoms with Crippen LogP contribution in [0.3, 0.4) is 0 Å². The van der Waals surface area contributed by atoms with Crippen LogP contribution in [0.1, 0.15) is 31.0 Å². The van der Waals surface area contributed by atoms with Crippen molar-refractivity contribution in [3.8, 4) is 17.2 Å². The lowest BCUT2D eigenvalue weighted by Gasteiger charge is -2.26. The second kappa shape index (κ2) is 11.2. The zero-order valence-electron chi connectivity index (χ0n) is 20.5. The molecule has 0 aliphatic carbocycles. The number of nitrogens with zero attached hydrogens (tertiary/aromatic N) is 1. The minimum atomic E-state index is -0.971. The number of aliphatic hydroxyl groups is 1. The van der Waals surface area contributed by atoms with E-state index in [9.17, 15) is 14.7 Å². The van der Waals surface area contributed by atoms with Gasteiger partial charge in [-0.1, -0.05) is 35.3 Å². The third-order valence-corrected chi connectivity index (χ3v) is 6.32. The van der Waals surface area contributed by atoms with Gasteiger partial charge >= 0.3 is 0 Å². The Morgan fingerprint density at radius 1 is 0.946 bits per heavy atom. The van der Waals surface area contributed by atoms with Crippen LogP contribution in [0, 0.1) is 0 Å². The Hall–Kier alpha value is -3.68. The molecule has 1 fully saturated rings. The average Bonchev–Trinajstić information content (AvgIpc) is 3.14. The molecule has 0 aromatic heterocycles. The van der Waals surface area contributed by atoms with Crippen LogP contribution in [0.2, 0.25) is 10.0 Å². The molecule has 3 aromatic rings. The minimum absolute atomic E-state index is 0.0932. The third-order valence-electron chi connectivity index (χ3n) is 5.82. The lowest BCUT2D eigenvalue weighted by molar-refractivity contribution is -0.132. The Labute approximate surface area is 224 Å². The number of hydrogen-bond acceptors (Lipinski definition) is 6. The standard InChI is InChI=1S/C28H25Cl2NO6/c1-4-36-19-11-9-18(10-12-19)31-24(16-7-6-8-20(13-16)37-5-2)23(26(33)28(31)34)25(32)21-14-17(29)15-22(30)27(21)35-3/h6-15,24,32H,4-5H2,1-3H3/b25-23+. The Bertz CT molecular complexity index is 1370. The zero-order chi connectivity index (χ0) is 26.7. The highest BCUT2D eigenvalue weighted by molar-refractivity contribution is 6.52. The number of carbonyl (C=O) groups excluding carboxylic acids is 2. The maximum atomic E-state index is 13.5. The number of ketones is 1. The lowest BCUT2D eigenvalue weighted by atomic mass is 9.94. The zero-order valence-corrected chi connectivity index (χ0v) is 22.0. The topological polar surface area (TPSA) is 85.3 Å². The van der Waals surface area contributed by atoms with Crippen molar-refractivity contribution >= 4 is 46.3 Å². The molecule has 9 heteroatoms. The highest BCUT2D eigenvalue weighted by Gasteiger charge is 2.47. The second-order valence-corrected chi connectivity index (χ2v) is 8.91. The Kier molecular flexibility index (Phi) is 7.95. The van der Waals surface area contributed by atoms with Gasteiger partial charge in [-0.3, -0.25) is 14.5 Å². The molecule has 1 heterocycles. The van der Waals surface area contributed by atoms with Gasteiger partial charge in [0.25, 0.3) is 11.7 Å². The van der Waals surface area contributed by atoms with Crippen LogP contribution in [-0.4, -0.2) is 37.1 Å². The molecule has 192 valence electrons. The predicted molar refractivity (Wildman–Crippen MR) is 143 cm³/mol. The third kappa shape index (κ3) is 5.10. The van der Waals surface area contributed by atoms with Gasteiger partial charge < -0.3 is 19.3 Å². The molecule has 3 aromatic carbocycles. The molecule has 1 amide bonds. The molecule has 0 saturated carbocycles. The van der Waals surface area contributed by atoms with E-state index < -0.39 is 23.5 Å². The van der Waals surface area contributed by atoms with Crippen LogP contribution in [0.25, 0.3) is 5.76 Å². The van der Waals surface area contributed by atoms with Crippen molar-refractivity contribution in [3.05, 3.63) is 87.4 Å². The van der Waals surface area contributed by atoms with Gasteiger partial charge in [0.1, 0.15) is 23.0 Å². The van der Waals surface area contributed by atoms with Crippen LogP contribution < -0.4 is 19.1 Å². The van der Waals surface area contributed by atoms with Crippen molar-refractivity contribution in [1.29, 1.82) is 0 Å². The van der Waals surface area contributed by atoms with Gasteiger partial charge in [-0.15, -0.1) is 0 Å². The molecular weight excluding hydrogens is 517 g/mol. The van der Waals surface area contributed by atoms with Crippen molar-refractivity contribution in [2.24, 2.45) is 0 Å². The number of Topliss-reactive ketones (excluding diaryl/α,β-unsaturated/α-hetero) is 1. The summed E-state index contributed by atoms with van der Waals surface area (Å²) in [6.07, 6.45) is 0. The first-order valence-electron chi connectivity index (χ1n) is 11.6. The van der Waals surface area contributed by atoms with E-state index >= 15 is 0 Å². The number of halogens is 2. The SMILES string of the molecule is CCOc1ccc(N2C(=O)C(=O)/C(=C(/O)c3cc(Cl)cc(Cl)c3OC)C2c2cccc(OCC)c2)cc1. The number of ether oxygens (including phenoxy) is 3. The molecule has 0 radical (unpaired) electrons. The van der Waals surface area contributed by atoms with E-state index in [4.69, 9.17) is 37.4 Å². The summed E-state index contributed by atoms with van der Waals surface area (Å²) in [5.74, 6) is -0.824. The molecule has 1 unspecified atom stereocenters. The van der Waals surface area contributed by atoms with E-state index in [1.54, 1.807) is 48.5 Å². The summed E-state index contributed by atoms with van der Waals surface area (Å²) >= 11 is 12.5. The second-order valence-electron chi connectivity index (χ2n) is 8.07.